The highest BCUT2D eigenvalue weighted by atomic mass is 16.4. The third kappa shape index (κ3) is 4.07. The van der Waals surface area contributed by atoms with E-state index in [1.807, 2.05) is 32.9 Å². The quantitative estimate of drug-likeness (QED) is 0.846. The molecule has 1 atom stereocenters. The minimum atomic E-state index is -0.995. The van der Waals surface area contributed by atoms with Crippen LogP contribution in [0.25, 0.3) is 5.69 Å². The van der Waals surface area contributed by atoms with Crippen molar-refractivity contribution in [2.75, 3.05) is 0 Å². The van der Waals surface area contributed by atoms with Crippen molar-refractivity contribution in [2.24, 2.45) is 5.92 Å². The van der Waals surface area contributed by atoms with Gasteiger partial charge in [-0.05, 0) is 62.4 Å². The number of aryl methyl sites for hydroxylation is 3. The van der Waals surface area contributed by atoms with E-state index in [1.165, 1.54) is 0 Å². The molecule has 1 fully saturated rings. The normalized spacial score (nSPS) is 15.0. The van der Waals surface area contributed by atoms with E-state index < -0.39 is 17.9 Å². The highest BCUT2D eigenvalue weighted by Gasteiger charge is 2.30. The smallest absolute Gasteiger partial charge is 0.326 e. The maximum absolute atomic E-state index is 12.4. The minimum Gasteiger partial charge on any atom is -0.480 e. The predicted octanol–water partition coefficient (Wildman–Crippen LogP) is 2.78. The molecule has 0 radical (unpaired) electrons. The van der Waals surface area contributed by atoms with Gasteiger partial charge in [-0.25, -0.2) is 9.48 Å². The molecule has 25 heavy (non-hydrogen) atoms. The number of hydrogen-bond donors (Lipinski definition) is 2. The molecule has 2 N–H and O–H groups in total. The number of aromatic nitrogens is 2. The molecule has 0 bridgehead atoms. The first-order chi connectivity index (χ1) is 11.8. The third-order valence-electron chi connectivity index (χ3n) is 4.44. The lowest BCUT2D eigenvalue weighted by atomic mass is 10.1. The van der Waals surface area contributed by atoms with Gasteiger partial charge in [0.2, 0.25) is 0 Å². The minimum absolute atomic E-state index is 0.235. The molecule has 1 aromatic heterocycles. The van der Waals surface area contributed by atoms with Crippen LogP contribution >= 0.6 is 0 Å². The highest BCUT2D eigenvalue weighted by molar-refractivity contribution is 5.95. The van der Waals surface area contributed by atoms with Crippen molar-refractivity contribution >= 4 is 11.9 Å². The second kappa shape index (κ2) is 6.70. The molecule has 0 saturated heterocycles. The fourth-order valence-corrected chi connectivity index (χ4v) is 3.06. The third-order valence-corrected chi connectivity index (χ3v) is 4.44. The van der Waals surface area contributed by atoms with Crippen LogP contribution < -0.4 is 5.32 Å². The fourth-order valence-electron chi connectivity index (χ4n) is 3.06. The number of carboxylic acid groups (broad SMARTS) is 1. The average molecular weight is 341 g/mol. The molecule has 1 aromatic carbocycles. The van der Waals surface area contributed by atoms with Crippen LogP contribution in [-0.2, 0) is 4.79 Å². The maximum atomic E-state index is 12.4. The van der Waals surface area contributed by atoms with Crippen LogP contribution in [0.1, 0.15) is 46.6 Å². The Morgan fingerprint density at radius 1 is 1.20 bits per heavy atom. The van der Waals surface area contributed by atoms with Crippen molar-refractivity contribution in [3.63, 3.8) is 0 Å². The van der Waals surface area contributed by atoms with E-state index in [2.05, 4.69) is 16.5 Å². The second-order valence-electron chi connectivity index (χ2n) is 6.97. The largest absolute Gasteiger partial charge is 0.480 e. The Labute approximate surface area is 146 Å². The van der Waals surface area contributed by atoms with E-state index in [0.29, 0.717) is 12.3 Å². The molecule has 1 saturated carbocycles. The SMILES string of the molecule is Cc1cc(C)cc(-n2nc(C(=O)NC(CC3CC3)C(=O)O)cc2C)c1. The molecule has 6 nitrogen and oxygen atoms in total. The van der Waals surface area contributed by atoms with E-state index in [0.717, 1.165) is 35.3 Å². The first-order valence-corrected chi connectivity index (χ1v) is 8.52. The Balaban J connectivity index is 1.80. The lowest BCUT2D eigenvalue weighted by molar-refractivity contribution is -0.139. The molecule has 2 aromatic rings. The number of carboxylic acids is 1. The van der Waals surface area contributed by atoms with Gasteiger partial charge < -0.3 is 10.4 Å². The first kappa shape index (κ1) is 17.2. The molecule has 1 heterocycles. The van der Waals surface area contributed by atoms with Crippen LogP contribution in [0.15, 0.2) is 24.3 Å². The van der Waals surface area contributed by atoms with Crippen molar-refractivity contribution in [1.82, 2.24) is 15.1 Å². The average Bonchev–Trinajstić information content (AvgIpc) is 3.25. The van der Waals surface area contributed by atoms with Gasteiger partial charge in [-0.1, -0.05) is 18.9 Å². The summed E-state index contributed by atoms with van der Waals surface area (Å²) in [5.41, 5.74) is 4.18. The van der Waals surface area contributed by atoms with Crippen LogP contribution in [-0.4, -0.2) is 32.8 Å². The number of hydrogen-bond acceptors (Lipinski definition) is 3. The zero-order valence-electron chi connectivity index (χ0n) is 14.7. The van der Waals surface area contributed by atoms with E-state index in [4.69, 9.17) is 0 Å². The van der Waals surface area contributed by atoms with Gasteiger partial charge in [0.1, 0.15) is 6.04 Å². The zero-order chi connectivity index (χ0) is 18.1. The Morgan fingerprint density at radius 2 is 1.84 bits per heavy atom. The lowest BCUT2D eigenvalue weighted by Gasteiger charge is -2.13. The number of rotatable bonds is 6. The molecule has 0 spiro atoms. The topological polar surface area (TPSA) is 84.2 Å². The van der Waals surface area contributed by atoms with Crippen molar-refractivity contribution in [2.45, 2.75) is 46.1 Å². The molecule has 1 amide bonds. The Hall–Kier alpha value is -2.63. The van der Waals surface area contributed by atoms with Crippen molar-refractivity contribution in [3.8, 4) is 5.69 Å². The fraction of sp³-hybridized carbons (Fsp3) is 0.421. The monoisotopic (exact) mass is 341 g/mol. The lowest BCUT2D eigenvalue weighted by Crippen LogP contribution is -2.41. The molecule has 0 aliphatic heterocycles. The summed E-state index contributed by atoms with van der Waals surface area (Å²) in [5.74, 6) is -1.03. The Kier molecular flexibility index (Phi) is 4.61. The number of aliphatic carboxylic acids is 1. The van der Waals surface area contributed by atoms with Crippen LogP contribution in [0.4, 0.5) is 0 Å². The van der Waals surface area contributed by atoms with E-state index in [9.17, 15) is 14.7 Å². The van der Waals surface area contributed by atoms with E-state index in [1.54, 1.807) is 10.7 Å². The summed E-state index contributed by atoms with van der Waals surface area (Å²) >= 11 is 0. The van der Waals surface area contributed by atoms with Crippen molar-refractivity contribution in [3.05, 3.63) is 46.8 Å². The van der Waals surface area contributed by atoms with Crippen molar-refractivity contribution in [1.29, 1.82) is 0 Å². The standard InChI is InChI=1S/C19H23N3O3/c1-11-6-12(2)8-15(7-11)22-13(3)9-16(21-22)18(23)20-17(19(24)25)10-14-4-5-14/h6-9,14,17H,4-5,10H2,1-3H3,(H,20,23)(H,24,25). The summed E-state index contributed by atoms with van der Waals surface area (Å²) in [6, 6.07) is 6.91. The summed E-state index contributed by atoms with van der Waals surface area (Å²) in [6.07, 6.45) is 2.57. The molecular formula is C19H23N3O3. The van der Waals surface area contributed by atoms with Crippen LogP contribution in [0.2, 0.25) is 0 Å². The van der Waals surface area contributed by atoms with E-state index in [-0.39, 0.29) is 5.69 Å². The number of nitrogens with one attached hydrogen (secondary N) is 1. The van der Waals surface area contributed by atoms with Crippen LogP contribution in [0.5, 0.6) is 0 Å². The Morgan fingerprint density at radius 3 is 2.40 bits per heavy atom. The van der Waals surface area contributed by atoms with Crippen LogP contribution in [0, 0.1) is 26.7 Å². The molecular weight excluding hydrogens is 318 g/mol. The number of carbonyl (C=O) groups is 2. The van der Waals surface area contributed by atoms with Gasteiger partial charge in [-0.2, -0.15) is 5.10 Å². The highest BCUT2D eigenvalue weighted by Crippen LogP contribution is 2.33. The summed E-state index contributed by atoms with van der Waals surface area (Å²) in [5, 5.41) is 16.3. The first-order valence-electron chi connectivity index (χ1n) is 8.52. The molecule has 3 rings (SSSR count). The summed E-state index contributed by atoms with van der Waals surface area (Å²) < 4.78 is 1.71. The van der Waals surface area contributed by atoms with Gasteiger partial charge in [0.25, 0.3) is 5.91 Å². The molecule has 1 aliphatic rings. The zero-order valence-corrected chi connectivity index (χ0v) is 14.7. The Bertz CT molecular complexity index is 801. The number of carbonyl (C=O) groups excluding carboxylic acids is 1. The summed E-state index contributed by atoms with van der Waals surface area (Å²) in [4.78, 5) is 23.8. The predicted molar refractivity (Wildman–Crippen MR) is 94.0 cm³/mol. The van der Waals surface area contributed by atoms with Gasteiger partial charge in [0.15, 0.2) is 5.69 Å². The van der Waals surface area contributed by atoms with E-state index >= 15 is 0 Å². The summed E-state index contributed by atoms with van der Waals surface area (Å²) in [6.45, 7) is 5.90. The van der Waals surface area contributed by atoms with Crippen molar-refractivity contribution < 1.29 is 14.7 Å². The van der Waals surface area contributed by atoms with Gasteiger partial charge >= 0.3 is 5.97 Å². The van der Waals surface area contributed by atoms with Crippen LogP contribution in [0.3, 0.4) is 0 Å². The second-order valence-corrected chi connectivity index (χ2v) is 6.97. The van der Waals surface area contributed by atoms with Gasteiger partial charge in [0.05, 0.1) is 5.69 Å². The molecule has 1 aliphatic carbocycles. The maximum Gasteiger partial charge on any atom is 0.326 e. The molecule has 132 valence electrons. The van der Waals surface area contributed by atoms with Gasteiger partial charge in [-0.3, -0.25) is 4.79 Å². The number of amides is 1. The van der Waals surface area contributed by atoms with Gasteiger partial charge in [0, 0.05) is 5.69 Å². The number of benzene rings is 1. The molecule has 6 heteroatoms. The number of nitrogens with zero attached hydrogens (tertiary/aromatic N) is 2. The summed E-state index contributed by atoms with van der Waals surface area (Å²) in [7, 11) is 0. The molecule has 1 unspecified atom stereocenters. The van der Waals surface area contributed by atoms with Gasteiger partial charge in [-0.15, -0.1) is 0 Å².